The molecule has 0 saturated carbocycles. The third-order valence-corrected chi connectivity index (χ3v) is 5.18. The zero-order valence-corrected chi connectivity index (χ0v) is 16.0. The molecule has 1 amide bonds. The molecule has 2 aromatic rings. The predicted molar refractivity (Wildman–Crippen MR) is 101 cm³/mol. The second-order valence-corrected chi connectivity index (χ2v) is 8.44. The van der Waals surface area contributed by atoms with Crippen LogP contribution in [0.1, 0.15) is 16.7 Å². The van der Waals surface area contributed by atoms with E-state index in [9.17, 15) is 13.2 Å². The number of halogens is 1. The van der Waals surface area contributed by atoms with Crippen molar-refractivity contribution in [3.8, 4) is 0 Å². The lowest BCUT2D eigenvalue weighted by molar-refractivity contribution is -0.116. The minimum absolute atomic E-state index is 0.107. The number of hydrogen-bond acceptors (Lipinski definition) is 3. The summed E-state index contributed by atoms with van der Waals surface area (Å²) in [6, 6.07) is 12.6. The quantitative estimate of drug-likeness (QED) is 0.835. The number of amides is 1. The second-order valence-electron chi connectivity index (χ2n) is 6.02. The van der Waals surface area contributed by atoms with Crippen LogP contribution in [0.2, 0.25) is 5.02 Å². The Labute approximate surface area is 153 Å². The van der Waals surface area contributed by atoms with E-state index in [1.807, 2.05) is 32.0 Å². The van der Waals surface area contributed by atoms with Crippen molar-refractivity contribution in [3.63, 3.8) is 0 Å². The standard InChI is InChI=1S/C18H21ClN2O3S/c1-13-4-5-14(2)17(10-13)20-18(22)12-21(25(3,23)24)11-15-6-8-16(19)9-7-15/h4-10H,11-12H2,1-3H3,(H,20,22). The largest absolute Gasteiger partial charge is 0.325 e. The Bertz CT molecular complexity index is 864. The van der Waals surface area contributed by atoms with Crippen LogP contribution in [0.15, 0.2) is 42.5 Å². The molecule has 0 aliphatic heterocycles. The number of benzene rings is 2. The Morgan fingerprint density at radius 2 is 1.76 bits per heavy atom. The molecule has 1 N–H and O–H groups in total. The topological polar surface area (TPSA) is 66.5 Å². The van der Waals surface area contributed by atoms with Gasteiger partial charge in [-0.2, -0.15) is 4.31 Å². The molecule has 0 aromatic heterocycles. The fourth-order valence-corrected chi connectivity index (χ4v) is 3.17. The molecule has 0 saturated heterocycles. The molecule has 0 radical (unpaired) electrons. The van der Waals surface area contributed by atoms with Crippen LogP contribution in [-0.4, -0.2) is 31.4 Å². The van der Waals surface area contributed by atoms with Crippen molar-refractivity contribution in [1.29, 1.82) is 0 Å². The Morgan fingerprint density at radius 1 is 1.12 bits per heavy atom. The van der Waals surface area contributed by atoms with Gasteiger partial charge in [-0.1, -0.05) is 35.9 Å². The molecule has 0 aliphatic carbocycles. The second kappa shape index (κ2) is 7.99. The van der Waals surface area contributed by atoms with Gasteiger partial charge in [-0.05, 0) is 48.7 Å². The first kappa shape index (κ1) is 19.4. The molecule has 0 heterocycles. The minimum atomic E-state index is -3.54. The van der Waals surface area contributed by atoms with Gasteiger partial charge in [0.15, 0.2) is 0 Å². The molecule has 0 spiro atoms. The molecule has 0 fully saturated rings. The Kier molecular flexibility index (Phi) is 6.21. The zero-order valence-electron chi connectivity index (χ0n) is 14.4. The van der Waals surface area contributed by atoms with Gasteiger partial charge in [0.25, 0.3) is 0 Å². The summed E-state index contributed by atoms with van der Waals surface area (Å²) in [5.74, 6) is -0.381. The molecule has 0 aliphatic rings. The molecule has 134 valence electrons. The fraction of sp³-hybridized carbons (Fsp3) is 0.278. The van der Waals surface area contributed by atoms with E-state index < -0.39 is 10.0 Å². The van der Waals surface area contributed by atoms with Gasteiger partial charge in [0.05, 0.1) is 12.8 Å². The first-order valence-electron chi connectivity index (χ1n) is 7.72. The van der Waals surface area contributed by atoms with Crippen molar-refractivity contribution in [2.45, 2.75) is 20.4 Å². The fourth-order valence-electron chi connectivity index (χ4n) is 2.30. The average Bonchev–Trinajstić information content (AvgIpc) is 2.51. The van der Waals surface area contributed by atoms with Crippen molar-refractivity contribution >= 4 is 33.2 Å². The highest BCUT2D eigenvalue weighted by molar-refractivity contribution is 7.88. The van der Waals surface area contributed by atoms with E-state index in [1.165, 1.54) is 0 Å². The smallest absolute Gasteiger partial charge is 0.239 e. The van der Waals surface area contributed by atoms with E-state index in [4.69, 9.17) is 11.6 Å². The van der Waals surface area contributed by atoms with Crippen LogP contribution in [0.4, 0.5) is 5.69 Å². The van der Waals surface area contributed by atoms with Crippen LogP contribution in [0.25, 0.3) is 0 Å². The first-order chi connectivity index (χ1) is 11.6. The normalized spacial score (nSPS) is 11.6. The highest BCUT2D eigenvalue weighted by Crippen LogP contribution is 2.17. The van der Waals surface area contributed by atoms with Crippen molar-refractivity contribution < 1.29 is 13.2 Å². The summed E-state index contributed by atoms with van der Waals surface area (Å²) in [6.07, 6.45) is 1.09. The number of carbonyl (C=O) groups excluding carboxylic acids is 1. The molecule has 2 aromatic carbocycles. The number of rotatable bonds is 6. The summed E-state index contributed by atoms with van der Waals surface area (Å²) in [4.78, 5) is 12.3. The van der Waals surface area contributed by atoms with Crippen LogP contribution >= 0.6 is 11.6 Å². The number of nitrogens with zero attached hydrogens (tertiary/aromatic N) is 1. The summed E-state index contributed by atoms with van der Waals surface area (Å²) < 4.78 is 25.2. The van der Waals surface area contributed by atoms with Crippen molar-refractivity contribution in [2.75, 3.05) is 18.1 Å². The van der Waals surface area contributed by atoms with Gasteiger partial charge in [0, 0.05) is 17.3 Å². The summed E-state index contributed by atoms with van der Waals surface area (Å²) in [7, 11) is -3.54. The zero-order chi connectivity index (χ0) is 18.6. The summed E-state index contributed by atoms with van der Waals surface area (Å²) in [5, 5.41) is 3.35. The van der Waals surface area contributed by atoms with Crippen LogP contribution in [-0.2, 0) is 21.4 Å². The van der Waals surface area contributed by atoms with Crippen molar-refractivity contribution in [2.24, 2.45) is 0 Å². The molecule has 7 heteroatoms. The van der Waals surface area contributed by atoms with Crippen molar-refractivity contribution in [1.82, 2.24) is 4.31 Å². The molecular formula is C18H21ClN2O3S. The van der Waals surface area contributed by atoms with Crippen LogP contribution in [0.5, 0.6) is 0 Å². The van der Waals surface area contributed by atoms with Gasteiger partial charge in [-0.25, -0.2) is 8.42 Å². The highest BCUT2D eigenvalue weighted by atomic mass is 35.5. The maximum Gasteiger partial charge on any atom is 0.239 e. The van der Waals surface area contributed by atoms with Crippen LogP contribution < -0.4 is 5.32 Å². The lowest BCUT2D eigenvalue weighted by Gasteiger charge is -2.20. The lowest BCUT2D eigenvalue weighted by atomic mass is 10.1. The molecule has 5 nitrogen and oxygen atoms in total. The summed E-state index contributed by atoms with van der Waals surface area (Å²) in [5.41, 5.74) is 3.38. The summed E-state index contributed by atoms with van der Waals surface area (Å²) in [6.45, 7) is 3.67. The highest BCUT2D eigenvalue weighted by Gasteiger charge is 2.21. The number of carbonyl (C=O) groups is 1. The lowest BCUT2D eigenvalue weighted by Crippen LogP contribution is -2.37. The third kappa shape index (κ3) is 5.85. The third-order valence-electron chi connectivity index (χ3n) is 3.73. The summed E-state index contributed by atoms with van der Waals surface area (Å²) >= 11 is 5.84. The van der Waals surface area contributed by atoms with E-state index in [1.54, 1.807) is 24.3 Å². The Hall–Kier alpha value is -1.89. The molecule has 0 atom stereocenters. The van der Waals surface area contributed by atoms with E-state index in [0.29, 0.717) is 10.7 Å². The Morgan fingerprint density at radius 3 is 2.36 bits per heavy atom. The van der Waals surface area contributed by atoms with Gasteiger partial charge in [-0.15, -0.1) is 0 Å². The SMILES string of the molecule is Cc1ccc(C)c(NC(=O)CN(Cc2ccc(Cl)cc2)S(C)(=O)=O)c1. The molecule has 0 unspecified atom stereocenters. The number of anilines is 1. The van der Waals surface area contributed by atoms with Gasteiger partial charge in [0.1, 0.15) is 0 Å². The van der Waals surface area contributed by atoms with Crippen LogP contribution in [0.3, 0.4) is 0 Å². The first-order valence-corrected chi connectivity index (χ1v) is 9.94. The van der Waals surface area contributed by atoms with E-state index in [-0.39, 0.29) is 19.0 Å². The maximum absolute atomic E-state index is 12.3. The van der Waals surface area contributed by atoms with Crippen LogP contribution in [0, 0.1) is 13.8 Å². The minimum Gasteiger partial charge on any atom is -0.325 e. The maximum atomic E-state index is 12.3. The number of nitrogens with one attached hydrogen (secondary N) is 1. The molecule has 25 heavy (non-hydrogen) atoms. The van der Waals surface area contributed by atoms with Gasteiger partial charge in [-0.3, -0.25) is 4.79 Å². The van der Waals surface area contributed by atoms with Crippen molar-refractivity contribution in [3.05, 3.63) is 64.2 Å². The number of sulfonamides is 1. The van der Waals surface area contributed by atoms with E-state index in [2.05, 4.69) is 5.32 Å². The molecule has 2 rings (SSSR count). The Balaban J connectivity index is 2.12. The van der Waals surface area contributed by atoms with E-state index >= 15 is 0 Å². The molecular weight excluding hydrogens is 360 g/mol. The molecule has 0 bridgehead atoms. The number of hydrogen-bond donors (Lipinski definition) is 1. The number of aryl methyl sites for hydroxylation is 2. The monoisotopic (exact) mass is 380 g/mol. The van der Waals surface area contributed by atoms with Gasteiger partial charge in [0.2, 0.25) is 15.9 Å². The van der Waals surface area contributed by atoms with Gasteiger partial charge >= 0.3 is 0 Å². The van der Waals surface area contributed by atoms with E-state index in [0.717, 1.165) is 27.3 Å². The average molecular weight is 381 g/mol. The predicted octanol–water partition coefficient (Wildman–Crippen LogP) is 3.36. The van der Waals surface area contributed by atoms with Gasteiger partial charge < -0.3 is 5.32 Å².